The van der Waals surface area contributed by atoms with Crippen molar-refractivity contribution in [2.75, 3.05) is 31.1 Å². The van der Waals surface area contributed by atoms with Crippen LogP contribution in [-0.4, -0.2) is 48.4 Å². The molecule has 6 nitrogen and oxygen atoms in total. The van der Waals surface area contributed by atoms with Gasteiger partial charge in [0, 0.05) is 50.2 Å². The van der Waals surface area contributed by atoms with Gasteiger partial charge in [0.15, 0.2) is 0 Å². The summed E-state index contributed by atoms with van der Waals surface area (Å²) in [6, 6.07) is 9.88. The quantitative estimate of drug-likeness (QED) is 0.835. The fourth-order valence-corrected chi connectivity index (χ4v) is 2.73. The van der Waals surface area contributed by atoms with Crippen LogP contribution in [0.4, 0.5) is 10.1 Å². The molecule has 0 bridgehead atoms. The molecular formula is C18H19FN4O2. The normalized spacial score (nSPS) is 14.3. The van der Waals surface area contributed by atoms with Crippen LogP contribution >= 0.6 is 0 Å². The highest BCUT2D eigenvalue weighted by Crippen LogP contribution is 2.16. The van der Waals surface area contributed by atoms with Crippen molar-refractivity contribution < 1.29 is 14.0 Å². The third kappa shape index (κ3) is 4.12. The van der Waals surface area contributed by atoms with Gasteiger partial charge in [0.25, 0.3) is 5.91 Å². The zero-order valence-corrected chi connectivity index (χ0v) is 13.7. The Bertz CT molecular complexity index is 760. The first-order valence-corrected chi connectivity index (χ1v) is 8.09. The number of rotatable bonds is 5. The molecule has 1 aliphatic heterocycles. The van der Waals surface area contributed by atoms with E-state index in [-0.39, 0.29) is 24.0 Å². The number of carbonyl (C=O) groups is 2. The molecule has 1 aromatic heterocycles. The molecule has 7 heteroatoms. The first-order valence-electron chi connectivity index (χ1n) is 8.09. The molecule has 0 radical (unpaired) electrons. The summed E-state index contributed by atoms with van der Waals surface area (Å²) in [6.45, 7) is 2.83. The summed E-state index contributed by atoms with van der Waals surface area (Å²) < 4.78 is 13.6. The van der Waals surface area contributed by atoms with Gasteiger partial charge in [-0.15, -0.1) is 0 Å². The smallest absolute Gasteiger partial charge is 0.270 e. The Kier molecular flexibility index (Phi) is 5.23. The Morgan fingerprint density at radius 3 is 2.68 bits per heavy atom. The minimum Gasteiger partial charge on any atom is -0.368 e. The van der Waals surface area contributed by atoms with E-state index in [4.69, 9.17) is 0 Å². The lowest BCUT2D eigenvalue weighted by atomic mass is 10.2. The van der Waals surface area contributed by atoms with Gasteiger partial charge in [0.1, 0.15) is 11.5 Å². The van der Waals surface area contributed by atoms with E-state index in [0.29, 0.717) is 31.7 Å². The summed E-state index contributed by atoms with van der Waals surface area (Å²) >= 11 is 0. The molecule has 1 N–H and O–H groups in total. The predicted molar refractivity (Wildman–Crippen MR) is 91.7 cm³/mol. The number of pyridine rings is 1. The van der Waals surface area contributed by atoms with Gasteiger partial charge in [-0.2, -0.15) is 0 Å². The van der Waals surface area contributed by atoms with E-state index in [0.717, 1.165) is 12.1 Å². The third-order valence-corrected chi connectivity index (χ3v) is 4.20. The van der Waals surface area contributed by atoms with E-state index in [1.165, 1.54) is 6.07 Å². The number of aromatic nitrogens is 1. The molecule has 0 atom stereocenters. The number of nitrogens with one attached hydrogen (secondary N) is 1. The number of halogens is 1. The number of hydrogen-bond acceptors (Lipinski definition) is 4. The fraction of sp³-hybridized carbons (Fsp3) is 0.278. The number of amides is 2. The maximum atomic E-state index is 13.6. The van der Waals surface area contributed by atoms with Gasteiger partial charge in [0.2, 0.25) is 6.41 Å². The summed E-state index contributed by atoms with van der Waals surface area (Å²) in [6.07, 6.45) is 2.44. The number of anilines is 1. The molecule has 25 heavy (non-hydrogen) atoms. The van der Waals surface area contributed by atoms with Crippen molar-refractivity contribution in [3.05, 3.63) is 59.7 Å². The molecule has 2 aromatic rings. The lowest BCUT2D eigenvalue weighted by molar-refractivity contribution is -0.118. The topological polar surface area (TPSA) is 65.5 Å². The molecule has 3 rings (SSSR count). The Morgan fingerprint density at radius 1 is 1.20 bits per heavy atom. The summed E-state index contributed by atoms with van der Waals surface area (Å²) in [4.78, 5) is 31.0. The molecule has 1 aromatic carbocycles. The molecule has 2 amide bonds. The van der Waals surface area contributed by atoms with Crippen LogP contribution in [0.15, 0.2) is 42.6 Å². The Hall–Kier alpha value is -2.96. The minimum absolute atomic E-state index is 0.107. The summed E-state index contributed by atoms with van der Waals surface area (Å²) in [5.41, 5.74) is 1.60. The Balaban J connectivity index is 1.64. The molecule has 2 heterocycles. The maximum Gasteiger partial charge on any atom is 0.270 e. The van der Waals surface area contributed by atoms with Crippen molar-refractivity contribution in [1.82, 2.24) is 15.2 Å². The molecule has 0 unspecified atom stereocenters. The van der Waals surface area contributed by atoms with E-state index in [2.05, 4.69) is 15.2 Å². The van der Waals surface area contributed by atoms with Gasteiger partial charge in [-0.05, 0) is 18.2 Å². The molecule has 1 aliphatic rings. The largest absolute Gasteiger partial charge is 0.368 e. The van der Waals surface area contributed by atoms with Crippen LogP contribution in [0.25, 0.3) is 0 Å². The van der Waals surface area contributed by atoms with E-state index in [9.17, 15) is 14.0 Å². The van der Waals surface area contributed by atoms with Crippen LogP contribution in [-0.2, 0) is 11.3 Å². The highest BCUT2D eigenvalue weighted by molar-refractivity contribution is 5.93. The molecule has 0 saturated carbocycles. The van der Waals surface area contributed by atoms with E-state index >= 15 is 0 Å². The average Bonchev–Trinajstić information content (AvgIpc) is 2.67. The first-order chi connectivity index (χ1) is 12.2. The number of hydrogen-bond donors (Lipinski definition) is 1. The molecule has 130 valence electrons. The monoisotopic (exact) mass is 342 g/mol. The number of piperazine rings is 1. The fourth-order valence-electron chi connectivity index (χ4n) is 2.73. The highest BCUT2D eigenvalue weighted by Gasteiger charge is 2.17. The van der Waals surface area contributed by atoms with Crippen molar-refractivity contribution >= 4 is 18.0 Å². The van der Waals surface area contributed by atoms with Crippen LogP contribution < -0.4 is 10.2 Å². The number of benzene rings is 1. The van der Waals surface area contributed by atoms with Gasteiger partial charge in [-0.3, -0.25) is 14.6 Å². The average molecular weight is 342 g/mol. The van der Waals surface area contributed by atoms with Crippen molar-refractivity contribution in [3.8, 4) is 0 Å². The van der Waals surface area contributed by atoms with Gasteiger partial charge in [-0.1, -0.05) is 18.2 Å². The highest BCUT2D eigenvalue weighted by atomic mass is 19.1. The molecule has 1 saturated heterocycles. The summed E-state index contributed by atoms with van der Waals surface area (Å²) in [5.74, 6) is -0.700. The van der Waals surface area contributed by atoms with Crippen LogP contribution in [0, 0.1) is 5.82 Å². The SMILES string of the molecule is O=CN1CCN(c2ccnc(C(=O)NCc3ccccc3F)c2)CC1. The maximum absolute atomic E-state index is 13.6. The third-order valence-electron chi connectivity index (χ3n) is 4.20. The second kappa shape index (κ2) is 7.74. The van der Waals surface area contributed by atoms with E-state index in [1.807, 2.05) is 6.07 Å². The number of nitrogens with zero attached hydrogens (tertiary/aromatic N) is 3. The minimum atomic E-state index is -0.350. The second-order valence-electron chi connectivity index (χ2n) is 5.80. The molecular weight excluding hydrogens is 323 g/mol. The summed E-state index contributed by atoms with van der Waals surface area (Å²) in [5, 5.41) is 2.69. The lowest BCUT2D eigenvalue weighted by Crippen LogP contribution is -2.45. The number of carbonyl (C=O) groups excluding carboxylic acids is 2. The van der Waals surface area contributed by atoms with Crippen molar-refractivity contribution in [2.24, 2.45) is 0 Å². The predicted octanol–water partition coefficient (Wildman–Crippen LogP) is 1.43. The zero-order valence-electron chi connectivity index (χ0n) is 13.7. The van der Waals surface area contributed by atoms with Crippen LogP contribution in [0.2, 0.25) is 0 Å². The van der Waals surface area contributed by atoms with Gasteiger partial charge in [-0.25, -0.2) is 4.39 Å². The van der Waals surface area contributed by atoms with Crippen LogP contribution in [0.3, 0.4) is 0 Å². The van der Waals surface area contributed by atoms with Crippen molar-refractivity contribution in [2.45, 2.75) is 6.54 Å². The zero-order chi connectivity index (χ0) is 17.6. The van der Waals surface area contributed by atoms with Gasteiger partial charge < -0.3 is 15.1 Å². The Morgan fingerprint density at radius 2 is 1.96 bits per heavy atom. The standard InChI is InChI=1S/C18H19FN4O2/c19-16-4-2-1-3-14(16)12-21-18(25)17-11-15(5-6-20-17)23-9-7-22(13-24)8-10-23/h1-6,11,13H,7-10,12H2,(H,21,25). The van der Waals surface area contributed by atoms with Gasteiger partial charge >= 0.3 is 0 Å². The lowest BCUT2D eigenvalue weighted by Gasteiger charge is -2.34. The second-order valence-corrected chi connectivity index (χ2v) is 5.80. The van der Waals surface area contributed by atoms with E-state index < -0.39 is 0 Å². The van der Waals surface area contributed by atoms with E-state index in [1.54, 1.807) is 35.4 Å². The molecule has 0 spiro atoms. The molecule has 0 aliphatic carbocycles. The van der Waals surface area contributed by atoms with Gasteiger partial charge in [0.05, 0.1) is 0 Å². The van der Waals surface area contributed by atoms with Crippen LogP contribution in [0.1, 0.15) is 16.1 Å². The first kappa shape index (κ1) is 16.9. The Labute approximate surface area is 145 Å². The van der Waals surface area contributed by atoms with Crippen molar-refractivity contribution in [1.29, 1.82) is 0 Å². The molecule has 1 fully saturated rings. The summed E-state index contributed by atoms with van der Waals surface area (Å²) in [7, 11) is 0. The van der Waals surface area contributed by atoms with Crippen LogP contribution in [0.5, 0.6) is 0 Å². The van der Waals surface area contributed by atoms with Crippen molar-refractivity contribution in [3.63, 3.8) is 0 Å².